The molecular formula is C38H45N9O5. The number of hydrogen-bond donors (Lipinski definition) is 2. The van der Waals surface area contributed by atoms with Crippen LogP contribution in [0.25, 0.3) is 11.1 Å². The zero-order valence-electron chi connectivity index (χ0n) is 30.1. The second-order valence-corrected chi connectivity index (χ2v) is 15.4. The molecule has 4 aliphatic rings. The lowest BCUT2D eigenvalue weighted by molar-refractivity contribution is -0.136. The van der Waals surface area contributed by atoms with E-state index in [0.717, 1.165) is 51.5 Å². The van der Waals surface area contributed by atoms with Crippen LogP contribution >= 0.6 is 0 Å². The maximum Gasteiger partial charge on any atom is 0.303 e. The van der Waals surface area contributed by atoms with Crippen molar-refractivity contribution in [1.82, 2.24) is 29.0 Å². The number of anilines is 4. The number of aryl methyl sites for hydroxylation is 1. The number of carbonyl (C=O) groups excluding carboxylic acids is 1. The Labute approximate surface area is 302 Å². The minimum Gasteiger partial charge on any atom is -0.481 e. The fraction of sp³-hybridized carbons (Fsp3) is 0.474. The average Bonchev–Trinajstić information content (AvgIpc) is 3.57. The summed E-state index contributed by atoms with van der Waals surface area (Å²) in [6.45, 7) is 12.1. The minimum absolute atomic E-state index is 0.144. The monoisotopic (exact) mass is 707 g/mol. The number of piperazine rings is 1. The van der Waals surface area contributed by atoms with Gasteiger partial charge in [-0.1, -0.05) is 13.8 Å². The molecule has 2 fully saturated rings. The second-order valence-electron chi connectivity index (χ2n) is 15.4. The molecule has 0 aromatic carbocycles. The van der Waals surface area contributed by atoms with Crippen molar-refractivity contribution in [2.45, 2.75) is 65.1 Å². The molecule has 2 N–H and O–H groups in total. The maximum atomic E-state index is 14.0. The highest BCUT2D eigenvalue weighted by Gasteiger charge is 2.38. The summed E-state index contributed by atoms with van der Waals surface area (Å²) in [6.07, 6.45) is 8.60. The number of aliphatic carboxylic acids is 1. The molecule has 4 aromatic heterocycles. The van der Waals surface area contributed by atoms with Gasteiger partial charge < -0.3 is 29.2 Å². The van der Waals surface area contributed by atoms with Crippen LogP contribution in [0.3, 0.4) is 0 Å². The highest BCUT2D eigenvalue weighted by Crippen LogP contribution is 2.40. The lowest BCUT2D eigenvalue weighted by atomic mass is 9.90. The standard InChI is InChI=1S/C38H45N9O5/c1-23-19-44(26-21-52-22-26)9-10-45(23)33-18-40-32(17-41-33)42-29-13-25(20-43(4)36(29)50)27-7-8-39-35(28(27)5-6-34(48)49)47-12-11-46-30(37(47)51)14-24-15-38(2,3)16-31(24)46/h7-8,13-14,17-18,20,23,26H,5-6,9-12,15-16,19,21-22H2,1-4H3,(H,40,42)(H,48,49)/t23-/m0/s1. The Kier molecular flexibility index (Phi) is 8.61. The Morgan fingerprint density at radius 1 is 1.06 bits per heavy atom. The molecule has 8 rings (SSSR count). The zero-order chi connectivity index (χ0) is 36.3. The fourth-order valence-electron chi connectivity index (χ4n) is 8.29. The van der Waals surface area contributed by atoms with Crippen molar-refractivity contribution in [2.75, 3.05) is 54.5 Å². The number of rotatable bonds is 9. The van der Waals surface area contributed by atoms with Gasteiger partial charge in [0.1, 0.15) is 28.8 Å². The quantitative estimate of drug-likeness (QED) is 0.263. The van der Waals surface area contributed by atoms with E-state index in [4.69, 9.17) is 9.72 Å². The van der Waals surface area contributed by atoms with Gasteiger partial charge in [-0.15, -0.1) is 0 Å². The average molecular weight is 708 g/mol. The van der Waals surface area contributed by atoms with Crippen LogP contribution < -0.4 is 20.7 Å². The Balaban J connectivity index is 1.07. The Morgan fingerprint density at radius 2 is 1.88 bits per heavy atom. The molecule has 7 heterocycles. The lowest BCUT2D eigenvalue weighted by Crippen LogP contribution is -2.59. The van der Waals surface area contributed by atoms with Gasteiger partial charge in [-0.3, -0.25) is 24.2 Å². The van der Waals surface area contributed by atoms with Gasteiger partial charge in [-0.25, -0.2) is 15.0 Å². The van der Waals surface area contributed by atoms with Crippen molar-refractivity contribution in [3.8, 4) is 11.1 Å². The van der Waals surface area contributed by atoms with E-state index in [1.807, 2.05) is 12.1 Å². The highest BCUT2D eigenvalue weighted by molar-refractivity contribution is 6.06. The molecule has 14 nitrogen and oxygen atoms in total. The van der Waals surface area contributed by atoms with Crippen molar-refractivity contribution < 1.29 is 19.4 Å². The summed E-state index contributed by atoms with van der Waals surface area (Å²) in [4.78, 5) is 59.7. The third-order valence-electron chi connectivity index (χ3n) is 11.0. The van der Waals surface area contributed by atoms with Gasteiger partial charge in [-0.05, 0) is 60.9 Å². The summed E-state index contributed by atoms with van der Waals surface area (Å²) in [6, 6.07) is 6.34. The van der Waals surface area contributed by atoms with Crippen LogP contribution in [0.1, 0.15) is 54.5 Å². The molecule has 1 amide bonds. The fourth-order valence-corrected chi connectivity index (χ4v) is 8.29. The van der Waals surface area contributed by atoms with E-state index in [0.29, 0.717) is 58.8 Å². The minimum atomic E-state index is -0.951. The zero-order valence-corrected chi connectivity index (χ0v) is 30.1. The van der Waals surface area contributed by atoms with Gasteiger partial charge in [0.2, 0.25) is 0 Å². The first-order valence-corrected chi connectivity index (χ1v) is 18.1. The van der Waals surface area contributed by atoms with Crippen LogP contribution in [0.5, 0.6) is 0 Å². The molecule has 3 aliphatic heterocycles. The Morgan fingerprint density at radius 3 is 2.60 bits per heavy atom. The van der Waals surface area contributed by atoms with E-state index in [-0.39, 0.29) is 35.8 Å². The summed E-state index contributed by atoms with van der Waals surface area (Å²) in [7, 11) is 1.67. The number of fused-ring (bicyclic) bond motifs is 3. The van der Waals surface area contributed by atoms with Crippen LogP contribution in [-0.4, -0.2) is 97.4 Å². The molecule has 0 saturated carbocycles. The predicted octanol–water partition coefficient (Wildman–Crippen LogP) is 3.49. The summed E-state index contributed by atoms with van der Waals surface area (Å²) in [5.74, 6) is 0.554. The Bertz CT molecular complexity index is 2100. The van der Waals surface area contributed by atoms with Crippen LogP contribution in [0.4, 0.5) is 23.1 Å². The molecule has 52 heavy (non-hydrogen) atoms. The number of hydrogen-bond acceptors (Lipinski definition) is 10. The van der Waals surface area contributed by atoms with E-state index < -0.39 is 5.97 Å². The number of carboxylic acid groups (broad SMARTS) is 1. The molecule has 1 atom stereocenters. The van der Waals surface area contributed by atoms with E-state index in [1.165, 1.54) is 15.8 Å². The SMILES string of the molecule is C[C@H]1CN(C2COC2)CCN1c1cnc(Nc2cc(-c3ccnc(N4CCn5c(cc6c5CC(C)(C)C6)C4=O)c3CCC(=O)O)cn(C)c2=O)cn1. The first kappa shape index (κ1) is 34.0. The first-order chi connectivity index (χ1) is 25.0. The molecule has 0 bridgehead atoms. The van der Waals surface area contributed by atoms with E-state index in [1.54, 1.807) is 42.8 Å². The second kappa shape index (κ2) is 13.2. The van der Waals surface area contributed by atoms with Crippen molar-refractivity contribution in [2.24, 2.45) is 12.5 Å². The molecular weight excluding hydrogens is 662 g/mol. The number of aromatic nitrogens is 5. The molecule has 1 aliphatic carbocycles. The molecule has 0 spiro atoms. The topological polar surface area (TPSA) is 151 Å². The number of ether oxygens (including phenoxy) is 1. The first-order valence-electron chi connectivity index (χ1n) is 18.1. The molecule has 0 radical (unpaired) electrons. The van der Waals surface area contributed by atoms with Gasteiger partial charge in [-0.2, -0.15) is 0 Å². The number of carbonyl (C=O) groups is 2. The summed E-state index contributed by atoms with van der Waals surface area (Å²) < 4.78 is 9.01. The summed E-state index contributed by atoms with van der Waals surface area (Å²) >= 11 is 0. The van der Waals surface area contributed by atoms with Crippen LogP contribution in [-0.2, 0) is 42.4 Å². The van der Waals surface area contributed by atoms with Gasteiger partial charge in [0.25, 0.3) is 11.5 Å². The normalized spacial score (nSPS) is 20.1. The molecule has 2 saturated heterocycles. The van der Waals surface area contributed by atoms with Crippen LogP contribution in [0.2, 0.25) is 0 Å². The van der Waals surface area contributed by atoms with E-state index >= 15 is 0 Å². The third kappa shape index (κ3) is 6.23. The van der Waals surface area contributed by atoms with Gasteiger partial charge >= 0.3 is 5.97 Å². The summed E-state index contributed by atoms with van der Waals surface area (Å²) in [5, 5.41) is 12.9. The largest absolute Gasteiger partial charge is 0.481 e. The smallest absolute Gasteiger partial charge is 0.303 e. The van der Waals surface area contributed by atoms with E-state index in [2.05, 4.69) is 50.4 Å². The molecule has 4 aromatic rings. The third-order valence-corrected chi connectivity index (χ3v) is 11.0. The predicted molar refractivity (Wildman–Crippen MR) is 196 cm³/mol. The number of carboxylic acids is 1. The Hall–Kier alpha value is -5.08. The van der Waals surface area contributed by atoms with Crippen LogP contribution in [0.15, 0.2) is 47.8 Å². The maximum absolute atomic E-state index is 14.0. The molecule has 272 valence electrons. The van der Waals surface area contributed by atoms with E-state index in [9.17, 15) is 19.5 Å². The number of pyridine rings is 2. The van der Waals surface area contributed by atoms with Crippen molar-refractivity contribution in [1.29, 1.82) is 0 Å². The number of nitrogens with zero attached hydrogens (tertiary/aromatic N) is 8. The van der Waals surface area contributed by atoms with Gasteiger partial charge in [0.05, 0.1) is 31.6 Å². The molecule has 0 unspecified atom stereocenters. The van der Waals surface area contributed by atoms with Crippen molar-refractivity contribution >= 4 is 35.0 Å². The number of nitrogens with one attached hydrogen (secondary N) is 1. The lowest BCUT2D eigenvalue weighted by Gasteiger charge is -2.46. The summed E-state index contributed by atoms with van der Waals surface area (Å²) in [5.41, 5.74) is 5.32. The highest BCUT2D eigenvalue weighted by atomic mass is 16.5. The van der Waals surface area contributed by atoms with Gasteiger partial charge in [0, 0.05) is 81.4 Å². The van der Waals surface area contributed by atoms with Crippen LogP contribution in [0, 0.1) is 5.41 Å². The molecule has 14 heteroatoms. The van der Waals surface area contributed by atoms with Gasteiger partial charge in [0.15, 0.2) is 0 Å². The van der Waals surface area contributed by atoms with Crippen molar-refractivity contribution in [3.63, 3.8) is 0 Å². The van der Waals surface area contributed by atoms with Crippen molar-refractivity contribution in [3.05, 3.63) is 75.9 Å². The number of amides is 1.